The Morgan fingerprint density at radius 1 is 1.69 bits per heavy atom. The van der Waals surface area contributed by atoms with E-state index in [4.69, 9.17) is 10.2 Å². The summed E-state index contributed by atoms with van der Waals surface area (Å²) in [6.45, 7) is 2.02. The number of carboxylic acids is 1. The number of aromatic nitrogens is 1. The minimum absolute atomic E-state index is 0.00102. The molecule has 0 saturated carbocycles. The van der Waals surface area contributed by atoms with E-state index < -0.39 is 5.97 Å². The zero-order valence-electron chi connectivity index (χ0n) is 7.07. The largest absolute Gasteiger partial charge is 0.477 e. The van der Waals surface area contributed by atoms with E-state index in [-0.39, 0.29) is 11.5 Å². The fourth-order valence-electron chi connectivity index (χ4n) is 0.833. The second-order valence-corrected chi connectivity index (χ2v) is 3.39. The molecule has 1 aromatic rings. The average molecular weight is 202 g/mol. The molecule has 0 aliphatic heterocycles. The number of nitrogens with one attached hydrogen (secondary N) is 1. The van der Waals surface area contributed by atoms with Crippen LogP contribution in [-0.2, 0) is 0 Å². The van der Waals surface area contributed by atoms with E-state index in [0.717, 1.165) is 11.3 Å². The van der Waals surface area contributed by atoms with Gasteiger partial charge in [-0.3, -0.25) is 0 Å². The molecule has 1 heterocycles. The van der Waals surface area contributed by atoms with Crippen LogP contribution in [0.1, 0.15) is 15.4 Å². The van der Waals surface area contributed by atoms with Gasteiger partial charge in [0.1, 0.15) is 4.88 Å². The number of aryl methyl sites for hydroxylation is 1. The number of aromatic carboxylic acids is 1. The summed E-state index contributed by atoms with van der Waals surface area (Å²) in [6.07, 6.45) is 0. The number of anilines is 1. The maximum Gasteiger partial charge on any atom is 0.347 e. The molecule has 72 valence electrons. The normalized spacial score (nSPS) is 10.0. The Morgan fingerprint density at radius 3 is 2.85 bits per heavy atom. The van der Waals surface area contributed by atoms with E-state index >= 15 is 0 Å². The van der Waals surface area contributed by atoms with Crippen LogP contribution in [0.25, 0.3) is 0 Å². The van der Waals surface area contributed by atoms with Crippen LogP contribution in [0.15, 0.2) is 0 Å². The van der Waals surface area contributed by atoms with Crippen molar-refractivity contribution in [1.29, 1.82) is 0 Å². The maximum atomic E-state index is 10.6. The molecule has 0 bridgehead atoms. The Kier molecular flexibility index (Phi) is 3.21. The number of hydrogen-bond acceptors (Lipinski definition) is 5. The first-order chi connectivity index (χ1) is 6.15. The van der Waals surface area contributed by atoms with Gasteiger partial charge in [0, 0.05) is 6.54 Å². The summed E-state index contributed by atoms with van der Waals surface area (Å²) in [5, 5.41) is 20.5. The average Bonchev–Trinajstić information content (AvgIpc) is 2.43. The Bertz CT molecular complexity index is 311. The van der Waals surface area contributed by atoms with Crippen molar-refractivity contribution in [3.05, 3.63) is 10.6 Å². The van der Waals surface area contributed by atoms with Gasteiger partial charge in [-0.25, -0.2) is 9.78 Å². The lowest BCUT2D eigenvalue weighted by Gasteiger charge is -1.95. The molecule has 5 nitrogen and oxygen atoms in total. The van der Waals surface area contributed by atoms with Crippen LogP contribution < -0.4 is 5.32 Å². The van der Waals surface area contributed by atoms with E-state index in [1.165, 1.54) is 0 Å². The highest BCUT2D eigenvalue weighted by atomic mass is 32.1. The Morgan fingerprint density at radius 2 is 2.38 bits per heavy atom. The first-order valence-corrected chi connectivity index (χ1v) is 4.52. The summed E-state index contributed by atoms with van der Waals surface area (Å²) in [5.74, 6) is -0.966. The molecule has 13 heavy (non-hydrogen) atoms. The molecule has 0 saturated heterocycles. The predicted molar refractivity (Wildman–Crippen MR) is 49.4 cm³/mol. The second kappa shape index (κ2) is 4.20. The van der Waals surface area contributed by atoms with Crippen molar-refractivity contribution in [1.82, 2.24) is 4.98 Å². The minimum atomic E-state index is -0.966. The van der Waals surface area contributed by atoms with Gasteiger partial charge < -0.3 is 15.5 Å². The number of carbonyl (C=O) groups is 1. The molecule has 0 aromatic carbocycles. The monoisotopic (exact) mass is 202 g/mol. The summed E-state index contributed by atoms with van der Waals surface area (Å²) in [5.41, 5.74) is 0.498. The topological polar surface area (TPSA) is 82.5 Å². The van der Waals surface area contributed by atoms with E-state index in [9.17, 15) is 4.79 Å². The van der Waals surface area contributed by atoms with Crippen LogP contribution in [0.5, 0.6) is 0 Å². The quantitative estimate of drug-likeness (QED) is 0.664. The molecule has 0 amide bonds. The SMILES string of the molecule is Cc1nc(NCCO)sc1C(=O)O. The number of thiazole rings is 1. The Balaban J connectivity index is 2.76. The van der Waals surface area contributed by atoms with Gasteiger partial charge in [0.15, 0.2) is 5.13 Å². The van der Waals surface area contributed by atoms with Gasteiger partial charge in [0.2, 0.25) is 0 Å². The number of aliphatic hydroxyl groups excluding tert-OH is 1. The Hall–Kier alpha value is -1.14. The van der Waals surface area contributed by atoms with Crippen molar-refractivity contribution in [2.24, 2.45) is 0 Å². The van der Waals surface area contributed by atoms with E-state index in [1.807, 2.05) is 0 Å². The third kappa shape index (κ3) is 2.40. The third-order valence-corrected chi connectivity index (χ3v) is 2.48. The molecule has 3 N–H and O–H groups in total. The molecule has 0 unspecified atom stereocenters. The van der Waals surface area contributed by atoms with Crippen molar-refractivity contribution in [2.45, 2.75) is 6.92 Å². The minimum Gasteiger partial charge on any atom is -0.477 e. The highest BCUT2D eigenvalue weighted by Crippen LogP contribution is 2.21. The number of rotatable bonds is 4. The van der Waals surface area contributed by atoms with Crippen LogP contribution in [0.3, 0.4) is 0 Å². The van der Waals surface area contributed by atoms with Gasteiger partial charge in [0.05, 0.1) is 12.3 Å². The second-order valence-electron chi connectivity index (χ2n) is 2.39. The lowest BCUT2D eigenvalue weighted by molar-refractivity contribution is 0.0701. The van der Waals surface area contributed by atoms with Crippen molar-refractivity contribution in [3.63, 3.8) is 0 Å². The van der Waals surface area contributed by atoms with E-state index in [2.05, 4.69) is 10.3 Å². The van der Waals surface area contributed by atoms with Gasteiger partial charge in [-0.05, 0) is 6.92 Å². The fraction of sp³-hybridized carbons (Fsp3) is 0.429. The molecule has 0 aliphatic rings. The summed E-state index contributed by atoms with van der Waals surface area (Å²) < 4.78 is 0. The van der Waals surface area contributed by atoms with Crippen LogP contribution in [0.2, 0.25) is 0 Å². The highest BCUT2D eigenvalue weighted by molar-refractivity contribution is 7.17. The zero-order chi connectivity index (χ0) is 9.84. The van der Waals surface area contributed by atoms with Crippen LogP contribution in [0.4, 0.5) is 5.13 Å². The van der Waals surface area contributed by atoms with Crippen molar-refractivity contribution < 1.29 is 15.0 Å². The third-order valence-electron chi connectivity index (χ3n) is 1.38. The molecule has 1 aromatic heterocycles. The number of aliphatic hydroxyl groups is 1. The van der Waals surface area contributed by atoms with Gasteiger partial charge in [-0.2, -0.15) is 0 Å². The van der Waals surface area contributed by atoms with Crippen LogP contribution in [-0.4, -0.2) is 34.3 Å². The zero-order valence-corrected chi connectivity index (χ0v) is 7.89. The molecule has 0 fully saturated rings. The summed E-state index contributed by atoms with van der Waals surface area (Å²) in [6, 6.07) is 0. The summed E-state index contributed by atoms with van der Waals surface area (Å²) >= 11 is 1.07. The Labute approximate surface area is 79.1 Å². The molecule has 0 aliphatic carbocycles. The summed E-state index contributed by atoms with van der Waals surface area (Å²) in [7, 11) is 0. The number of carboxylic acid groups (broad SMARTS) is 1. The first kappa shape index (κ1) is 9.94. The van der Waals surface area contributed by atoms with Gasteiger partial charge in [0.25, 0.3) is 0 Å². The first-order valence-electron chi connectivity index (χ1n) is 3.70. The maximum absolute atomic E-state index is 10.6. The molecular weight excluding hydrogens is 192 g/mol. The molecule has 1 rings (SSSR count). The highest BCUT2D eigenvalue weighted by Gasteiger charge is 2.12. The van der Waals surface area contributed by atoms with E-state index in [0.29, 0.717) is 17.4 Å². The van der Waals surface area contributed by atoms with Crippen molar-refractivity contribution >= 4 is 22.4 Å². The standard InChI is InChI=1S/C7H10N2O3S/c1-4-5(6(11)12)13-7(9-4)8-2-3-10/h10H,2-3H2,1H3,(H,8,9)(H,11,12). The molecule has 6 heteroatoms. The molecular formula is C7H10N2O3S. The molecule has 0 atom stereocenters. The van der Waals surface area contributed by atoms with Crippen molar-refractivity contribution in [3.8, 4) is 0 Å². The summed E-state index contributed by atoms with van der Waals surface area (Å²) in [4.78, 5) is 14.8. The smallest absolute Gasteiger partial charge is 0.347 e. The fourth-order valence-corrected chi connectivity index (χ4v) is 1.66. The molecule has 0 radical (unpaired) electrons. The van der Waals surface area contributed by atoms with Crippen LogP contribution >= 0.6 is 11.3 Å². The van der Waals surface area contributed by atoms with Gasteiger partial charge in [-0.1, -0.05) is 11.3 Å². The number of nitrogens with zero attached hydrogens (tertiary/aromatic N) is 1. The lowest BCUT2D eigenvalue weighted by Crippen LogP contribution is -2.04. The predicted octanol–water partition coefficient (Wildman–Crippen LogP) is 0.554. The van der Waals surface area contributed by atoms with Gasteiger partial charge in [-0.15, -0.1) is 0 Å². The van der Waals surface area contributed by atoms with Crippen molar-refractivity contribution in [2.75, 3.05) is 18.5 Å². The van der Waals surface area contributed by atoms with Gasteiger partial charge >= 0.3 is 5.97 Å². The molecule has 0 spiro atoms. The lowest BCUT2D eigenvalue weighted by atomic mass is 10.4. The number of hydrogen-bond donors (Lipinski definition) is 3. The van der Waals surface area contributed by atoms with E-state index in [1.54, 1.807) is 6.92 Å². The van der Waals surface area contributed by atoms with Crippen LogP contribution in [0, 0.1) is 6.92 Å².